The van der Waals surface area contributed by atoms with Crippen LogP contribution in [0.5, 0.6) is 0 Å². The van der Waals surface area contributed by atoms with Gasteiger partial charge in [0.2, 0.25) is 5.76 Å². The van der Waals surface area contributed by atoms with Crippen LogP contribution in [-0.2, 0) is 4.79 Å². The summed E-state index contributed by atoms with van der Waals surface area (Å²) in [5.41, 5.74) is -0.617. The van der Waals surface area contributed by atoms with E-state index in [1.54, 1.807) is 0 Å². The van der Waals surface area contributed by atoms with Crippen LogP contribution in [0.25, 0.3) is 0 Å². The summed E-state index contributed by atoms with van der Waals surface area (Å²) < 4.78 is 36.9. The lowest BCUT2D eigenvalue weighted by Gasteiger charge is -2.55. The van der Waals surface area contributed by atoms with Crippen molar-refractivity contribution in [1.29, 1.82) is 0 Å². The van der Waals surface area contributed by atoms with Gasteiger partial charge in [0, 0.05) is 11.5 Å². The molecular formula is C14H17F3O2. The first kappa shape index (κ1) is 13.0. The molecule has 5 heteroatoms. The molecule has 0 aromatic carbocycles. The molecule has 0 amide bonds. The number of aliphatic hydroxyl groups is 1. The van der Waals surface area contributed by atoms with E-state index in [2.05, 4.69) is 0 Å². The minimum atomic E-state index is -4.82. The molecule has 4 saturated carbocycles. The Bertz CT molecular complexity index is 401. The SMILES string of the molecule is O=C(C=C(O)C(F)(F)F)C12CC3CC(CC(C3)C1)C2. The standard InChI is InChI=1S/C14H17F3O2/c15-14(16,17)12(19)4-11(18)13-5-8-1-9(6-13)3-10(2-8)7-13/h4,8-10,19H,1-3,5-7H2. The molecule has 19 heavy (non-hydrogen) atoms. The van der Waals surface area contributed by atoms with Crippen molar-refractivity contribution in [1.82, 2.24) is 0 Å². The lowest BCUT2D eigenvalue weighted by atomic mass is 9.48. The highest BCUT2D eigenvalue weighted by molar-refractivity contribution is 5.95. The summed E-state index contributed by atoms with van der Waals surface area (Å²) in [5.74, 6) is -0.778. The lowest BCUT2D eigenvalue weighted by molar-refractivity contribution is -0.141. The fraction of sp³-hybridized carbons (Fsp3) is 0.786. The van der Waals surface area contributed by atoms with Crippen LogP contribution >= 0.6 is 0 Å². The van der Waals surface area contributed by atoms with Crippen LogP contribution in [-0.4, -0.2) is 17.1 Å². The van der Waals surface area contributed by atoms with Gasteiger partial charge in [-0.1, -0.05) is 0 Å². The first-order chi connectivity index (χ1) is 8.78. The Balaban J connectivity index is 1.84. The number of carbonyl (C=O) groups excluding carboxylic acids is 1. The number of halogens is 3. The molecule has 0 saturated heterocycles. The predicted molar refractivity (Wildman–Crippen MR) is 62.4 cm³/mol. The van der Waals surface area contributed by atoms with Gasteiger partial charge in [0.25, 0.3) is 0 Å². The Morgan fingerprint density at radius 1 is 1.05 bits per heavy atom. The van der Waals surface area contributed by atoms with Crippen molar-refractivity contribution >= 4 is 5.78 Å². The summed E-state index contributed by atoms with van der Waals surface area (Å²) in [6.45, 7) is 0. The zero-order valence-corrected chi connectivity index (χ0v) is 10.5. The van der Waals surface area contributed by atoms with Crippen LogP contribution in [0.4, 0.5) is 13.2 Å². The molecule has 0 spiro atoms. The molecule has 1 N–H and O–H groups in total. The molecule has 4 aliphatic carbocycles. The summed E-state index contributed by atoms with van der Waals surface area (Å²) >= 11 is 0. The second kappa shape index (κ2) is 4.00. The van der Waals surface area contributed by atoms with E-state index in [1.165, 1.54) is 0 Å². The number of alkyl halides is 3. The van der Waals surface area contributed by atoms with Crippen LogP contribution in [0.2, 0.25) is 0 Å². The van der Waals surface area contributed by atoms with E-state index in [0.717, 1.165) is 19.3 Å². The third kappa shape index (κ3) is 2.17. The molecule has 4 bridgehead atoms. The minimum absolute atomic E-state index is 0.424. The quantitative estimate of drug-likeness (QED) is 0.614. The zero-order chi connectivity index (χ0) is 13.8. The van der Waals surface area contributed by atoms with Gasteiger partial charge in [0.15, 0.2) is 5.78 Å². The second-order valence-corrected chi connectivity index (χ2v) is 6.59. The van der Waals surface area contributed by atoms with Crippen LogP contribution < -0.4 is 0 Å². The topological polar surface area (TPSA) is 37.3 Å². The number of aliphatic hydroxyl groups excluding tert-OH is 1. The zero-order valence-electron chi connectivity index (χ0n) is 10.5. The van der Waals surface area contributed by atoms with Gasteiger partial charge in [0.1, 0.15) is 0 Å². The van der Waals surface area contributed by atoms with Gasteiger partial charge in [-0.2, -0.15) is 13.2 Å². The van der Waals surface area contributed by atoms with Crippen molar-refractivity contribution in [2.24, 2.45) is 23.2 Å². The maximum absolute atomic E-state index is 12.3. The predicted octanol–water partition coefficient (Wildman–Crippen LogP) is 3.78. The lowest BCUT2D eigenvalue weighted by Crippen LogP contribution is -2.49. The Labute approximate surface area is 109 Å². The smallest absolute Gasteiger partial charge is 0.448 e. The molecule has 2 nitrogen and oxygen atoms in total. The van der Waals surface area contributed by atoms with E-state index >= 15 is 0 Å². The van der Waals surface area contributed by atoms with Crippen molar-refractivity contribution in [3.05, 3.63) is 11.8 Å². The number of carbonyl (C=O) groups is 1. The first-order valence-corrected chi connectivity index (χ1v) is 6.81. The van der Waals surface area contributed by atoms with Gasteiger partial charge in [-0.05, 0) is 56.3 Å². The van der Waals surface area contributed by atoms with Gasteiger partial charge < -0.3 is 5.11 Å². The summed E-state index contributed by atoms with van der Waals surface area (Å²) in [6, 6.07) is 0. The normalized spacial score (nSPS) is 41.6. The molecular weight excluding hydrogens is 257 g/mol. The summed E-state index contributed by atoms with van der Waals surface area (Å²) in [4.78, 5) is 12.2. The monoisotopic (exact) mass is 274 g/mol. The van der Waals surface area contributed by atoms with Crippen LogP contribution in [0.3, 0.4) is 0 Å². The van der Waals surface area contributed by atoms with Gasteiger partial charge in [-0.3, -0.25) is 4.79 Å². The van der Waals surface area contributed by atoms with Crippen molar-refractivity contribution in [3.8, 4) is 0 Å². The Hall–Kier alpha value is -1.00. The number of allylic oxidation sites excluding steroid dienone is 2. The van der Waals surface area contributed by atoms with Gasteiger partial charge in [0.05, 0.1) is 0 Å². The Morgan fingerprint density at radius 2 is 1.47 bits per heavy atom. The van der Waals surface area contributed by atoms with E-state index in [4.69, 9.17) is 5.11 Å². The summed E-state index contributed by atoms with van der Waals surface area (Å²) in [5, 5.41) is 8.97. The summed E-state index contributed by atoms with van der Waals surface area (Å²) in [6.07, 6.45) is 1.11. The number of rotatable bonds is 2. The molecule has 0 heterocycles. The molecule has 0 aromatic rings. The van der Waals surface area contributed by atoms with Crippen molar-refractivity contribution in [3.63, 3.8) is 0 Å². The Morgan fingerprint density at radius 3 is 1.84 bits per heavy atom. The molecule has 106 valence electrons. The fourth-order valence-electron chi connectivity index (χ4n) is 4.77. The maximum atomic E-state index is 12.3. The highest BCUT2D eigenvalue weighted by atomic mass is 19.4. The largest absolute Gasteiger partial charge is 0.504 e. The highest BCUT2D eigenvalue weighted by Gasteiger charge is 2.54. The average Bonchev–Trinajstić information content (AvgIpc) is 2.25. The van der Waals surface area contributed by atoms with Crippen LogP contribution in [0.15, 0.2) is 11.8 Å². The van der Waals surface area contributed by atoms with E-state index in [1.807, 2.05) is 0 Å². The van der Waals surface area contributed by atoms with Gasteiger partial charge in [-0.25, -0.2) is 0 Å². The maximum Gasteiger partial charge on any atom is 0.448 e. The second-order valence-electron chi connectivity index (χ2n) is 6.59. The van der Waals surface area contributed by atoms with Gasteiger partial charge in [-0.15, -0.1) is 0 Å². The first-order valence-electron chi connectivity index (χ1n) is 6.81. The number of hydrogen-bond acceptors (Lipinski definition) is 2. The third-order valence-electron chi connectivity index (χ3n) is 5.12. The van der Waals surface area contributed by atoms with Crippen molar-refractivity contribution in [2.45, 2.75) is 44.7 Å². The van der Waals surface area contributed by atoms with E-state index in [-0.39, 0.29) is 0 Å². The molecule has 0 aliphatic heterocycles. The van der Waals surface area contributed by atoms with E-state index < -0.39 is 23.1 Å². The molecule has 4 fully saturated rings. The van der Waals surface area contributed by atoms with E-state index in [9.17, 15) is 18.0 Å². The molecule has 0 unspecified atom stereocenters. The number of hydrogen-bond donors (Lipinski definition) is 1. The molecule has 4 rings (SSSR count). The molecule has 4 aliphatic rings. The van der Waals surface area contributed by atoms with Crippen LogP contribution in [0, 0.1) is 23.2 Å². The highest BCUT2D eigenvalue weighted by Crippen LogP contribution is 2.60. The van der Waals surface area contributed by atoms with Crippen LogP contribution in [0.1, 0.15) is 38.5 Å². The number of ketones is 1. The van der Waals surface area contributed by atoms with Crippen molar-refractivity contribution < 1.29 is 23.1 Å². The average molecular weight is 274 g/mol. The third-order valence-corrected chi connectivity index (χ3v) is 5.12. The van der Waals surface area contributed by atoms with E-state index in [0.29, 0.717) is 43.1 Å². The van der Waals surface area contributed by atoms with Crippen molar-refractivity contribution in [2.75, 3.05) is 0 Å². The fourth-order valence-corrected chi connectivity index (χ4v) is 4.77. The minimum Gasteiger partial charge on any atom is -0.504 e. The molecule has 0 radical (unpaired) electrons. The molecule has 0 aromatic heterocycles. The molecule has 0 atom stereocenters. The summed E-state index contributed by atoms with van der Waals surface area (Å²) in [7, 11) is 0. The Kier molecular flexibility index (Phi) is 2.74. The van der Waals surface area contributed by atoms with Gasteiger partial charge >= 0.3 is 6.18 Å².